The highest BCUT2D eigenvalue weighted by Gasteiger charge is 2.44. The van der Waals surface area contributed by atoms with E-state index in [1.807, 2.05) is 18.2 Å². The van der Waals surface area contributed by atoms with Crippen molar-refractivity contribution in [3.63, 3.8) is 0 Å². The highest BCUT2D eigenvalue weighted by atomic mass is 127. The molecule has 0 radical (unpaired) electrons. The number of para-hydroxylation sites is 1. The lowest BCUT2D eigenvalue weighted by Crippen LogP contribution is -2.55. The smallest absolute Gasteiger partial charge is 0.247 e. The van der Waals surface area contributed by atoms with Crippen LogP contribution in [0.3, 0.4) is 0 Å². The zero-order valence-electron chi connectivity index (χ0n) is 19.1. The number of halogens is 2. The van der Waals surface area contributed by atoms with E-state index in [0.717, 1.165) is 16.4 Å². The van der Waals surface area contributed by atoms with Crippen molar-refractivity contribution in [1.82, 2.24) is 10.2 Å². The number of ether oxygens (including phenoxy) is 1. The molecular formula is C26H28FIN2O5. The maximum absolute atomic E-state index is 14.5. The second-order valence-corrected chi connectivity index (χ2v) is 9.94. The molecule has 35 heavy (non-hydrogen) atoms. The highest BCUT2D eigenvalue weighted by Crippen LogP contribution is 2.36. The van der Waals surface area contributed by atoms with Gasteiger partial charge in [0.15, 0.2) is 0 Å². The van der Waals surface area contributed by atoms with Gasteiger partial charge in [-0.2, -0.15) is 0 Å². The number of carbonyl (C=O) groups is 2. The van der Waals surface area contributed by atoms with Crippen LogP contribution in [0, 0.1) is 15.3 Å². The number of hydrogen-bond acceptors (Lipinski definition) is 5. The van der Waals surface area contributed by atoms with E-state index in [1.54, 1.807) is 30.3 Å². The van der Waals surface area contributed by atoms with E-state index in [-0.39, 0.29) is 37.9 Å². The van der Waals surface area contributed by atoms with Crippen molar-refractivity contribution in [1.29, 1.82) is 0 Å². The first-order chi connectivity index (χ1) is 16.9. The molecule has 0 unspecified atom stereocenters. The minimum Gasteiger partial charge on any atom is -0.482 e. The second-order valence-electron chi connectivity index (χ2n) is 8.78. The van der Waals surface area contributed by atoms with Gasteiger partial charge in [-0.05, 0) is 59.7 Å². The fourth-order valence-electron chi connectivity index (χ4n) is 4.20. The maximum atomic E-state index is 14.5. The predicted molar refractivity (Wildman–Crippen MR) is 136 cm³/mol. The summed E-state index contributed by atoms with van der Waals surface area (Å²) < 4.78 is 21.5. The number of carbonyl (C=O) groups excluding carboxylic acids is 2. The number of hydrogen-bond donors (Lipinski definition) is 3. The Kier molecular flexibility index (Phi) is 8.40. The second kappa shape index (κ2) is 11.5. The van der Waals surface area contributed by atoms with Gasteiger partial charge in [0.05, 0.1) is 16.2 Å². The Morgan fingerprint density at radius 1 is 1.14 bits per heavy atom. The summed E-state index contributed by atoms with van der Waals surface area (Å²) in [6, 6.07) is 12.7. The number of nitrogens with one attached hydrogen (secondary N) is 1. The van der Waals surface area contributed by atoms with Crippen molar-refractivity contribution in [2.45, 2.75) is 44.1 Å². The average Bonchev–Trinajstić information content (AvgIpc) is 3.70. The zero-order chi connectivity index (χ0) is 24.9. The summed E-state index contributed by atoms with van der Waals surface area (Å²) in [5.74, 6) is -0.631. The molecule has 1 fully saturated rings. The molecule has 0 bridgehead atoms. The topological polar surface area (TPSA) is 99.1 Å². The van der Waals surface area contributed by atoms with E-state index in [9.17, 15) is 19.1 Å². The van der Waals surface area contributed by atoms with Crippen LogP contribution < -0.4 is 10.1 Å². The Labute approximate surface area is 217 Å². The van der Waals surface area contributed by atoms with E-state index in [4.69, 9.17) is 9.84 Å². The van der Waals surface area contributed by atoms with Crippen molar-refractivity contribution in [2.75, 3.05) is 13.2 Å². The molecular weight excluding hydrogens is 566 g/mol. The lowest BCUT2D eigenvalue weighted by atomic mass is 9.87. The Bertz CT molecular complexity index is 1110. The summed E-state index contributed by atoms with van der Waals surface area (Å²) in [6.07, 6.45) is 1.09. The Hall–Kier alpha value is -2.50. The summed E-state index contributed by atoms with van der Waals surface area (Å²) in [5.41, 5.74) is 0.677. The molecule has 4 rings (SSSR count). The summed E-state index contributed by atoms with van der Waals surface area (Å²) >= 11 is 2.12. The molecule has 186 valence electrons. The van der Waals surface area contributed by atoms with Crippen LogP contribution in [0.1, 0.15) is 24.8 Å². The molecule has 0 aromatic heterocycles. The highest BCUT2D eigenvalue weighted by molar-refractivity contribution is 14.1. The van der Waals surface area contributed by atoms with Crippen LogP contribution in [0.5, 0.6) is 5.75 Å². The molecule has 3 atom stereocenters. The minimum atomic E-state index is -1.14. The Morgan fingerprint density at radius 3 is 2.54 bits per heavy atom. The first-order valence-electron chi connectivity index (χ1n) is 11.6. The number of amides is 2. The van der Waals surface area contributed by atoms with Gasteiger partial charge in [-0.3, -0.25) is 9.59 Å². The Morgan fingerprint density at radius 2 is 1.86 bits per heavy atom. The van der Waals surface area contributed by atoms with Gasteiger partial charge in [-0.1, -0.05) is 30.3 Å². The van der Waals surface area contributed by atoms with E-state index >= 15 is 0 Å². The van der Waals surface area contributed by atoms with Crippen molar-refractivity contribution in [2.24, 2.45) is 5.92 Å². The van der Waals surface area contributed by atoms with Gasteiger partial charge >= 0.3 is 0 Å². The van der Waals surface area contributed by atoms with Gasteiger partial charge in [0.2, 0.25) is 11.8 Å². The monoisotopic (exact) mass is 594 g/mol. The van der Waals surface area contributed by atoms with E-state index in [0.29, 0.717) is 16.9 Å². The van der Waals surface area contributed by atoms with Crippen molar-refractivity contribution < 1.29 is 28.9 Å². The van der Waals surface area contributed by atoms with Crippen LogP contribution in [0.4, 0.5) is 4.39 Å². The summed E-state index contributed by atoms with van der Waals surface area (Å²) in [6.45, 7) is -0.164. The van der Waals surface area contributed by atoms with Crippen LogP contribution in [-0.4, -0.2) is 58.3 Å². The van der Waals surface area contributed by atoms with E-state index in [2.05, 4.69) is 27.9 Å². The molecule has 0 spiro atoms. The molecule has 2 aromatic rings. The third kappa shape index (κ3) is 6.20. The molecule has 2 amide bonds. The van der Waals surface area contributed by atoms with Gasteiger partial charge in [-0.15, -0.1) is 0 Å². The van der Waals surface area contributed by atoms with E-state index < -0.39 is 30.0 Å². The lowest BCUT2D eigenvalue weighted by molar-refractivity contribution is -0.140. The van der Waals surface area contributed by atoms with Crippen molar-refractivity contribution in [3.8, 4) is 5.75 Å². The minimum absolute atomic E-state index is 0.0230. The van der Waals surface area contributed by atoms with Crippen LogP contribution in [-0.2, 0) is 16.1 Å². The van der Waals surface area contributed by atoms with Crippen LogP contribution >= 0.6 is 22.6 Å². The average molecular weight is 594 g/mol. The molecule has 7 nitrogen and oxygen atoms in total. The van der Waals surface area contributed by atoms with E-state index in [1.165, 1.54) is 11.0 Å². The molecule has 9 heteroatoms. The fourth-order valence-corrected chi connectivity index (χ4v) is 4.71. The third-order valence-corrected chi connectivity index (χ3v) is 7.11. The van der Waals surface area contributed by atoms with Gasteiger partial charge in [0.1, 0.15) is 23.8 Å². The predicted octanol–water partition coefficient (Wildman–Crippen LogP) is 2.78. The third-order valence-electron chi connectivity index (χ3n) is 6.22. The number of benzene rings is 2. The lowest BCUT2D eigenvalue weighted by Gasteiger charge is -2.40. The van der Waals surface area contributed by atoms with Crippen LogP contribution in [0.15, 0.2) is 60.2 Å². The van der Waals surface area contributed by atoms with Gasteiger partial charge in [0, 0.05) is 36.6 Å². The summed E-state index contributed by atoms with van der Waals surface area (Å²) in [5, 5.41) is 23.1. The SMILES string of the molecule is O=C(NCCO)C1=C[C@H](Oc2ccccc2I)[C@@H](O)[C@H](N(Cc2ccccc2F)C(=O)C2CC2)C1. The van der Waals surface area contributed by atoms with Crippen LogP contribution in [0.25, 0.3) is 0 Å². The largest absolute Gasteiger partial charge is 0.482 e. The van der Waals surface area contributed by atoms with Gasteiger partial charge in [-0.25, -0.2) is 4.39 Å². The van der Waals surface area contributed by atoms with Crippen LogP contribution in [0.2, 0.25) is 0 Å². The number of aliphatic hydroxyl groups is 2. The first-order valence-corrected chi connectivity index (χ1v) is 12.7. The normalized spacial score (nSPS) is 21.7. The van der Waals surface area contributed by atoms with Gasteiger partial charge < -0.3 is 25.2 Å². The summed E-state index contributed by atoms with van der Waals surface area (Å²) in [4.78, 5) is 27.7. The van der Waals surface area contributed by atoms with Gasteiger partial charge in [0.25, 0.3) is 0 Å². The Balaban J connectivity index is 1.67. The molecule has 2 aromatic carbocycles. The van der Waals surface area contributed by atoms with Crippen molar-refractivity contribution >= 4 is 34.4 Å². The molecule has 0 saturated heterocycles. The number of rotatable bonds is 9. The molecule has 0 aliphatic heterocycles. The quantitative estimate of drug-likeness (QED) is 0.388. The standard InChI is InChI=1S/C26H28FIN2O5/c27-19-6-2-1-5-17(19)15-30(26(34)16-9-10-16)21-13-18(25(33)29-11-12-31)14-23(24(21)32)35-22-8-4-3-7-20(22)28/h1-8,14,16,21,23-24,31-32H,9-13,15H2,(H,29,33)/t21-,23+,24+/m1/s1. The molecule has 2 aliphatic rings. The van der Waals surface area contributed by atoms with Crippen molar-refractivity contribution in [3.05, 3.63) is 75.1 Å². The molecule has 3 N–H and O–H groups in total. The first kappa shape index (κ1) is 25.6. The molecule has 2 aliphatic carbocycles. The summed E-state index contributed by atoms with van der Waals surface area (Å²) in [7, 11) is 0. The number of nitrogens with zero attached hydrogens (tertiary/aromatic N) is 1. The molecule has 0 heterocycles. The molecule has 1 saturated carbocycles. The maximum Gasteiger partial charge on any atom is 0.247 e. The fraction of sp³-hybridized carbons (Fsp3) is 0.385. The zero-order valence-corrected chi connectivity index (χ0v) is 21.2. The number of aliphatic hydroxyl groups excluding tert-OH is 2.